The van der Waals surface area contributed by atoms with Crippen molar-refractivity contribution in [3.8, 4) is 11.5 Å². The molecular formula is C34H37FN2O5. The summed E-state index contributed by atoms with van der Waals surface area (Å²) in [5.41, 5.74) is 2.04. The van der Waals surface area contributed by atoms with E-state index in [1.54, 1.807) is 75.7 Å². The molecule has 2 fully saturated rings. The Morgan fingerprint density at radius 1 is 0.857 bits per heavy atom. The lowest BCUT2D eigenvalue weighted by Crippen LogP contribution is -2.52. The van der Waals surface area contributed by atoms with Gasteiger partial charge in [-0.3, -0.25) is 14.4 Å². The number of ketones is 2. The maximum atomic E-state index is 15.0. The van der Waals surface area contributed by atoms with Crippen LogP contribution in [-0.2, 0) is 4.79 Å². The van der Waals surface area contributed by atoms with Crippen LogP contribution in [0.3, 0.4) is 0 Å². The number of likely N-dealkylation sites (tertiary alicyclic amines) is 2. The molecule has 220 valence electrons. The van der Waals surface area contributed by atoms with E-state index in [2.05, 4.69) is 4.90 Å². The van der Waals surface area contributed by atoms with E-state index in [0.29, 0.717) is 66.4 Å². The molecule has 42 heavy (non-hydrogen) atoms. The number of piperidine rings is 1. The van der Waals surface area contributed by atoms with Gasteiger partial charge in [0.15, 0.2) is 11.6 Å². The van der Waals surface area contributed by atoms with Gasteiger partial charge >= 0.3 is 0 Å². The number of hydrogen-bond donors (Lipinski definition) is 0. The second-order valence-corrected chi connectivity index (χ2v) is 11.1. The van der Waals surface area contributed by atoms with Crippen LogP contribution in [0.15, 0.2) is 66.7 Å². The van der Waals surface area contributed by atoms with Crippen molar-refractivity contribution in [3.63, 3.8) is 0 Å². The van der Waals surface area contributed by atoms with Crippen molar-refractivity contribution < 1.29 is 28.2 Å². The van der Waals surface area contributed by atoms with E-state index in [0.717, 1.165) is 13.0 Å². The van der Waals surface area contributed by atoms with Crippen molar-refractivity contribution in [1.29, 1.82) is 0 Å². The fourth-order valence-electron chi connectivity index (χ4n) is 6.42. The molecule has 0 spiro atoms. The molecule has 8 heteroatoms. The van der Waals surface area contributed by atoms with Crippen LogP contribution in [0, 0.1) is 24.6 Å². The zero-order valence-electron chi connectivity index (χ0n) is 24.3. The van der Waals surface area contributed by atoms with E-state index in [1.165, 1.54) is 6.07 Å². The lowest BCUT2D eigenvalue weighted by Gasteiger charge is -2.44. The Bertz CT molecular complexity index is 1400. The van der Waals surface area contributed by atoms with Crippen LogP contribution >= 0.6 is 0 Å². The van der Waals surface area contributed by atoms with Crippen molar-refractivity contribution in [1.82, 2.24) is 9.80 Å². The Morgan fingerprint density at radius 3 is 1.95 bits per heavy atom. The lowest BCUT2D eigenvalue weighted by molar-refractivity contribution is -0.127. The minimum atomic E-state index is -0.639. The summed E-state index contributed by atoms with van der Waals surface area (Å²) >= 11 is 0. The number of amides is 1. The van der Waals surface area contributed by atoms with Gasteiger partial charge in [0.2, 0.25) is 5.91 Å². The third kappa shape index (κ3) is 6.09. The summed E-state index contributed by atoms with van der Waals surface area (Å²) in [7, 11) is 3.10. The van der Waals surface area contributed by atoms with Gasteiger partial charge in [0.25, 0.3) is 0 Å². The van der Waals surface area contributed by atoms with E-state index in [1.807, 2.05) is 11.0 Å². The summed E-state index contributed by atoms with van der Waals surface area (Å²) in [5.74, 6) is -1.23. The largest absolute Gasteiger partial charge is 0.497 e. The Hall–Kier alpha value is -4.04. The Labute approximate surface area is 246 Å². The first kappa shape index (κ1) is 29.5. The maximum absolute atomic E-state index is 15.0. The molecule has 5 rings (SSSR count). The Kier molecular flexibility index (Phi) is 9.02. The molecule has 3 aromatic carbocycles. The van der Waals surface area contributed by atoms with Crippen LogP contribution in [0.2, 0.25) is 0 Å². The molecule has 0 saturated carbocycles. The van der Waals surface area contributed by atoms with Crippen molar-refractivity contribution in [2.75, 3.05) is 46.9 Å². The van der Waals surface area contributed by atoms with Gasteiger partial charge < -0.3 is 19.3 Å². The summed E-state index contributed by atoms with van der Waals surface area (Å²) in [6.07, 6.45) is 1.39. The highest BCUT2D eigenvalue weighted by Gasteiger charge is 2.45. The maximum Gasteiger partial charge on any atom is 0.222 e. The molecule has 0 radical (unpaired) electrons. The standard InChI is InChI=1S/C34H37FN2O5/c1-22-27(12-6-13-30(22)35)32-28(33(39)23-8-4-10-25(18-23)41-2)20-36(16-17-37-15-7-14-31(37)38)21-29(32)34(40)24-9-5-11-26(19-24)42-3/h4-6,8-13,18-19,28-29,32H,7,14-17,20-21H2,1-3H3. The first-order chi connectivity index (χ1) is 20.3. The molecule has 0 aromatic heterocycles. The Morgan fingerprint density at radius 2 is 1.43 bits per heavy atom. The SMILES string of the molecule is COc1cccc(C(=O)C2CN(CCN3CCCC3=O)CC(C(=O)c3cccc(OC)c3)C2c2cccc(F)c2C)c1. The van der Waals surface area contributed by atoms with Crippen molar-refractivity contribution in [2.24, 2.45) is 11.8 Å². The highest BCUT2D eigenvalue weighted by molar-refractivity contribution is 6.02. The number of methoxy groups -OCH3 is 2. The Balaban J connectivity index is 1.59. The van der Waals surface area contributed by atoms with Crippen LogP contribution in [0.25, 0.3) is 0 Å². The zero-order valence-corrected chi connectivity index (χ0v) is 24.3. The van der Waals surface area contributed by atoms with Crippen LogP contribution in [0.1, 0.15) is 50.6 Å². The molecule has 2 unspecified atom stereocenters. The summed E-state index contributed by atoms with van der Waals surface area (Å²) in [5, 5.41) is 0. The van der Waals surface area contributed by atoms with Crippen molar-refractivity contribution >= 4 is 17.5 Å². The topological polar surface area (TPSA) is 76.2 Å². The summed E-state index contributed by atoms with van der Waals surface area (Å²) in [6.45, 7) is 4.24. The van der Waals surface area contributed by atoms with Gasteiger partial charge in [-0.25, -0.2) is 4.39 Å². The van der Waals surface area contributed by atoms with Crippen molar-refractivity contribution in [3.05, 3.63) is 94.8 Å². The molecule has 3 aromatic rings. The van der Waals surface area contributed by atoms with Gasteiger partial charge in [-0.15, -0.1) is 0 Å². The van der Waals surface area contributed by atoms with Gasteiger partial charge in [-0.1, -0.05) is 36.4 Å². The molecule has 2 heterocycles. The number of ether oxygens (including phenoxy) is 2. The second kappa shape index (κ2) is 12.9. The second-order valence-electron chi connectivity index (χ2n) is 11.1. The number of carbonyl (C=O) groups is 3. The monoisotopic (exact) mass is 572 g/mol. The highest BCUT2D eigenvalue weighted by atomic mass is 19.1. The number of carbonyl (C=O) groups excluding carboxylic acids is 3. The third-order valence-corrected chi connectivity index (χ3v) is 8.69. The molecular weight excluding hydrogens is 535 g/mol. The van der Waals surface area contributed by atoms with Crippen LogP contribution in [0.5, 0.6) is 11.5 Å². The first-order valence-corrected chi connectivity index (χ1v) is 14.4. The van der Waals surface area contributed by atoms with Gasteiger partial charge in [-0.2, -0.15) is 0 Å². The molecule has 2 atom stereocenters. The number of nitrogens with zero attached hydrogens (tertiary/aromatic N) is 2. The van der Waals surface area contributed by atoms with E-state index in [9.17, 15) is 18.8 Å². The number of halogens is 1. The first-order valence-electron chi connectivity index (χ1n) is 14.4. The molecule has 2 saturated heterocycles. The molecule has 2 aliphatic rings. The molecule has 2 aliphatic heterocycles. The predicted molar refractivity (Wildman–Crippen MR) is 158 cm³/mol. The van der Waals surface area contributed by atoms with E-state index in [4.69, 9.17) is 9.47 Å². The van der Waals surface area contributed by atoms with Gasteiger partial charge in [0.1, 0.15) is 17.3 Å². The summed E-state index contributed by atoms with van der Waals surface area (Å²) in [4.78, 5) is 45.0. The fraction of sp³-hybridized carbons (Fsp3) is 0.382. The quantitative estimate of drug-likeness (QED) is 0.312. The molecule has 7 nitrogen and oxygen atoms in total. The lowest BCUT2D eigenvalue weighted by atomic mass is 9.67. The highest BCUT2D eigenvalue weighted by Crippen LogP contribution is 2.42. The van der Waals surface area contributed by atoms with Crippen LogP contribution in [-0.4, -0.2) is 74.2 Å². The third-order valence-electron chi connectivity index (χ3n) is 8.69. The van der Waals surface area contributed by atoms with Crippen molar-refractivity contribution in [2.45, 2.75) is 25.7 Å². The summed E-state index contributed by atoms with van der Waals surface area (Å²) < 4.78 is 25.8. The minimum absolute atomic E-state index is 0.132. The van der Waals surface area contributed by atoms with Crippen LogP contribution in [0.4, 0.5) is 4.39 Å². The van der Waals surface area contributed by atoms with Gasteiger partial charge in [-0.05, 0) is 54.8 Å². The van der Waals surface area contributed by atoms with Gasteiger partial charge in [0.05, 0.1) is 14.2 Å². The number of rotatable bonds is 10. The number of Topliss-reactive ketones (excluding diaryl/α,β-unsaturated/α-hetero) is 2. The predicted octanol–water partition coefficient (Wildman–Crippen LogP) is 5.17. The van der Waals surface area contributed by atoms with Crippen LogP contribution < -0.4 is 9.47 Å². The number of hydrogen-bond acceptors (Lipinski definition) is 6. The molecule has 0 aliphatic carbocycles. The molecule has 1 amide bonds. The average molecular weight is 573 g/mol. The smallest absolute Gasteiger partial charge is 0.222 e. The zero-order chi connectivity index (χ0) is 29.8. The average Bonchev–Trinajstić information content (AvgIpc) is 3.44. The summed E-state index contributed by atoms with van der Waals surface area (Å²) in [6, 6.07) is 18.9. The van der Waals surface area contributed by atoms with E-state index < -0.39 is 17.8 Å². The number of benzene rings is 3. The molecule has 0 N–H and O–H groups in total. The fourth-order valence-corrected chi connectivity index (χ4v) is 6.42. The minimum Gasteiger partial charge on any atom is -0.497 e. The molecule has 0 bridgehead atoms. The van der Waals surface area contributed by atoms with Gasteiger partial charge in [0, 0.05) is 68.0 Å². The normalized spacial score (nSPS) is 20.9. The van der Waals surface area contributed by atoms with E-state index in [-0.39, 0.29) is 23.3 Å². The van der Waals surface area contributed by atoms with E-state index >= 15 is 0 Å².